The first-order chi connectivity index (χ1) is 15.1. The second-order valence-electron chi connectivity index (χ2n) is 7.70. The lowest BCUT2D eigenvalue weighted by Gasteiger charge is -2.21. The van der Waals surface area contributed by atoms with Crippen molar-refractivity contribution in [2.45, 2.75) is 18.2 Å². The van der Waals surface area contributed by atoms with E-state index in [1.165, 1.54) is 35.5 Å². The number of hydrogen-bond acceptors (Lipinski definition) is 7. The second kappa shape index (κ2) is 11.5. The number of carbonyl (C=O) groups excluding carboxylic acids is 1. The summed E-state index contributed by atoms with van der Waals surface area (Å²) < 4.78 is 31.7. The number of halogens is 2. The van der Waals surface area contributed by atoms with E-state index < -0.39 is 21.5 Å². The highest BCUT2D eigenvalue weighted by Crippen LogP contribution is 2.33. The number of nitrogens with zero attached hydrogens (tertiary/aromatic N) is 3. The summed E-state index contributed by atoms with van der Waals surface area (Å²) in [5.74, 6) is -0.608. The highest BCUT2D eigenvalue weighted by molar-refractivity contribution is 7.92. The fourth-order valence-corrected chi connectivity index (χ4v) is 5.90. The van der Waals surface area contributed by atoms with Gasteiger partial charge in [0.1, 0.15) is 11.5 Å². The van der Waals surface area contributed by atoms with Crippen LogP contribution in [0.15, 0.2) is 41.3 Å². The molecule has 7 nitrogen and oxygen atoms in total. The zero-order valence-electron chi connectivity index (χ0n) is 18.9. The third kappa shape index (κ3) is 6.80. The number of fused-ring (bicyclic) bond motifs is 1. The summed E-state index contributed by atoms with van der Waals surface area (Å²) in [6.45, 7) is 3.02. The van der Waals surface area contributed by atoms with Gasteiger partial charge in [-0.2, -0.15) is 0 Å². The van der Waals surface area contributed by atoms with Gasteiger partial charge >= 0.3 is 0 Å². The van der Waals surface area contributed by atoms with Gasteiger partial charge in [-0.25, -0.2) is 13.4 Å². The molecular weight excluding hydrogens is 505 g/mol. The first-order valence-electron chi connectivity index (χ1n) is 9.99. The average molecular weight is 533 g/mol. The zero-order valence-corrected chi connectivity index (χ0v) is 22.1. The molecule has 1 amide bonds. The summed E-state index contributed by atoms with van der Waals surface area (Å²) in [7, 11) is 1.58. The molecule has 0 fully saturated rings. The number of sulfone groups is 1. The fraction of sp³-hybridized carbons (Fsp3) is 0.364. The maximum Gasteiger partial charge on any atom is 0.244 e. The molecule has 1 heterocycles. The molecule has 2 aromatic carbocycles. The number of hydrogen-bond donors (Lipinski definition) is 0. The molecule has 33 heavy (non-hydrogen) atoms. The molecule has 0 aliphatic carbocycles. The predicted molar refractivity (Wildman–Crippen MR) is 137 cm³/mol. The van der Waals surface area contributed by atoms with E-state index in [1.54, 1.807) is 12.1 Å². The minimum absolute atomic E-state index is 0. The van der Waals surface area contributed by atoms with Crippen molar-refractivity contribution in [1.82, 2.24) is 9.88 Å². The molecule has 0 spiro atoms. The second-order valence-corrected chi connectivity index (χ2v) is 11.1. The van der Waals surface area contributed by atoms with Crippen LogP contribution in [0, 0.1) is 6.92 Å². The third-order valence-electron chi connectivity index (χ3n) is 4.89. The topological polar surface area (TPSA) is 79.8 Å². The van der Waals surface area contributed by atoms with Crippen molar-refractivity contribution in [3.8, 4) is 5.75 Å². The fourth-order valence-electron chi connectivity index (χ4n) is 3.24. The molecule has 0 bridgehead atoms. The van der Waals surface area contributed by atoms with Gasteiger partial charge in [-0.05, 0) is 75.9 Å². The Balaban J connectivity index is 0.00000385. The van der Waals surface area contributed by atoms with Crippen LogP contribution >= 0.6 is 35.3 Å². The maximum absolute atomic E-state index is 13.2. The molecule has 0 saturated carbocycles. The van der Waals surface area contributed by atoms with Crippen LogP contribution in [-0.2, 0) is 14.6 Å². The Morgan fingerprint density at radius 3 is 2.42 bits per heavy atom. The predicted octanol–water partition coefficient (Wildman–Crippen LogP) is 4.45. The van der Waals surface area contributed by atoms with Crippen LogP contribution in [0.3, 0.4) is 0 Å². The highest BCUT2D eigenvalue weighted by Gasteiger charge is 2.27. The number of amides is 1. The van der Waals surface area contributed by atoms with Crippen molar-refractivity contribution in [2.24, 2.45) is 0 Å². The number of ether oxygens (including phenoxy) is 1. The van der Waals surface area contributed by atoms with E-state index in [-0.39, 0.29) is 17.3 Å². The molecule has 1 aromatic heterocycles. The number of carbonyl (C=O) groups is 1. The quantitative estimate of drug-likeness (QED) is 0.405. The minimum Gasteiger partial charge on any atom is -0.497 e. The van der Waals surface area contributed by atoms with Gasteiger partial charge in [-0.1, -0.05) is 22.9 Å². The van der Waals surface area contributed by atoms with Gasteiger partial charge < -0.3 is 9.64 Å². The van der Waals surface area contributed by atoms with Gasteiger partial charge in [-0.15, -0.1) is 12.4 Å². The van der Waals surface area contributed by atoms with Crippen molar-refractivity contribution in [1.29, 1.82) is 0 Å². The van der Waals surface area contributed by atoms with E-state index in [1.807, 2.05) is 38.1 Å². The van der Waals surface area contributed by atoms with Crippen molar-refractivity contribution < 1.29 is 17.9 Å². The summed E-state index contributed by atoms with van der Waals surface area (Å²) in [6, 6.07) is 9.64. The molecule has 0 aliphatic rings. The standard InChI is InChI=1S/C22H26ClN3O4S2.ClH/c1-15-12-16(23)13-19-21(15)24-22(31-19)26(11-5-10-25(2)3)20(27)14-32(28,29)18-8-6-17(30-4)7-9-18;/h6-9,12-13H,5,10-11,14H2,1-4H3;1H. The lowest BCUT2D eigenvalue weighted by Crippen LogP contribution is -2.37. The van der Waals surface area contributed by atoms with Crippen molar-refractivity contribution >= 4 is 66.4 Å². The summed E-state index contributed by atoms with van der Waals surface area (Å²) in [4.78, 5) is 21.4. The molecule has 0 unspecified atom stereocenters. The van der Waals surface area contributed by atoms with Gasteiger partial charge in [-0.3, -0.25) is 9.69 Å². The number of benzene rings is 2. The Kier molecular flexibility index (Phi) is 9.51. The normalized spacial score (nSPS) is 11.5. The Hall–Kier alpha value is -1.91. The van der Waals surface area contributed by atoms with Gasteiger partial charge in [0.05, 0.1) is 22.2 Å². The van der Waals surface area contributed by atoms with Gasteiger partial charge in [0.25, 0.3) is 0 Å². The lowest BCUT2D eigenvalue weighted by atomic mass is 10.2. The van der Waals surface area contributed by atoms with Gasteiger partial charge in [0, 0.05) is 11.6 Å². The van der Waals surface area contributed by atoms with Crippen LogP contribution < -0.4 is 9.64 Å². The molecule has 180 valence electrons. The van der Waals surface area contributed by atoms with Crippen molar-refractivity contribution in [3.63, 3.8) is 0 Å². The number of rotatable bonds is 9. The number of anilines is 1. The zero-order chi connectivity index (χ0) is 23.5. The van der Waals surface area contributed by atoms with Gasteiger partial charge in [0.15, 0.2) is 15.0 Å². The molecular formula is C22H27Cl2N3O4S2. The summed E-state index contributed by atoms with van der Waals surface area (Å²) in [5, 5.41) is 1.07. The molecule has 0 atom stereocenters. The van der Waals surface area contributed by atoms with Crippen LogP contribution in [0.5, 0.6) is 5.75 Å². The monoisotopic (exact) mass is 531 g/mol. The highest BCUT2D eigenvalue weighted by atomic mass is 35.5. The van der Waals surface area contributed by atoms with Crippen LogP contribution in [0.2, 0.25) is 5.02 Å². The van der Waals surface area contributed by atoms with E-state index in [2.05, 4.69) is 4.98 Å². The molecule has 3 aromatic rings. The SMILES string of the molecule is COc1ccc(S(=O)(=O)CC(=O)N(CCCN(C)C)c2nc3c(C)cc(Cl)cc3s2)cc1.Cl. The average Bonchev–Trinajstić information content (AvgIpc) is 3.14. The lowest BCUT2D eigenvalue weighted by molar-refractivity contribution is -0.116. The number of thiazole rings is 1. The van der Waals surface area contributed by atoms with Crippen LogP contribution in [0.4, 0.5) is 5.13 Å². The van der Waals surface area contributed by atoms with Crippen LogP contribution in [0.1, 0.15) is 12.0 Å². The van der Waals surface area contributed by atoms with Crippen molar-refractivity contribution in [2.75, 3.05) is 44.9 Å². The Labute approximate surface area is 209 Å². The summed E-state index contributed by atoms with van der Waals surface area (Å²) in [5.41, 5.74) is 1.67. The summed E-state index contributed by atoms with van der Waals surface area (Å²) >= 11 is 7.51. The van der Waals surface area contributed by atoms with Crippen LogP contribution in [0.25, 0.3) is 10.2 Å². The molecule has 0 aliphatic heterocycles. The third-order valence-corrected chi connectivity index (χ3v) is 7.75. The molecule has 0 N–H and O–H groups in total. The Morgan fingerprint density at radius 2 is 1.82 bits per heavy atom. The Morgan fingerprint density at radius 1 is 1.15 bits per heavy atom. The maximum atomic E-state index is 13.2. The molecule has 0 saturated heterocycles. The van der Waals surface area contributed by atoms with E-state index in [4.69, 9.17) is 16.3 Å². The summed E-state index contributed by atoms with van der Waals surface area (Å²) in [6.07, 6.45) is 0.678. The first-order valence-corrected chi connectivity index (χ1v) is 12.8. The molecule has 0 radical (unpaired) electrons. The number of aryl methyl sites for hydroxylation is 1. The first kappa shape index (κ1) is 27.3. The molecule has 11 heteroatoms. The van der Waals surface area contributed by atoms with Crippen LogP contribution in [-0.4, -0.2) is 64.3 Å². The molecule has 3 rings (SSSR count). The minimum atomic E-state index is -3.83. The van der Waals surface area contributed by atoms with E-state index >= 15 is 0 Å². The number of methoxy groups -OCH3 is 1. The largest absolute Gasteiger partial charge is 0.497 e. The Bertz CT molecular complexity index is 1210. The van der Waals surface area contributed by atoms with E-state index in [0.29, 0.717) is 28.9 Å². The van der Waals surface area contributed by atoms with Gasteiger partial charge in [0.2, 0.25) is 5.91 Å². The van der Waals surface area contributed by atoms with E-state index in [9.17, 15) is 13.2 Å². The smallest absolute Gasteiger partial charge is 0.244 e. The number of aromatic nitrogens is 1. The van der Waals surface area contributed by atoms with Crippen molar-refractivity contribution in [3.05, 3.63) is 47.0 Å². The van der Waals surface area contributed by atoms with E-state index in [0.717, 1.165) is 22.3 Å².